The normalized spacial score (nSPS) is 10.9. The smallest absolute Gasteiger partial charge is 0.274 e. The molecule has 0 fully saturated rings. The lowest BCUT2D eigenvalue weighted by Gasteiger charge is -2.08. The third-order valence-electron chi connectivity index (χ3n) is 5.32. The first kappa shape index (κ1) is 21.2. The van der Waals surface area contributed by atoms with Crippen molar-refractivity contribution in [1.29, 1.82) is 0 Å². The van der Waals surface area contributed by atoms with Crippen LogP contribution in [0.2, 0.25) is 0 Å². The summed E-state index contributed by atoms with van der Waals surface area (Å²) in [5, 5.41) is 18.7. The highest BCUT2D eigenvalue weighted by molar-refractivity contribution is 5.70. The third kappa shape index (κ3) is 4.67. The number of rotatable bonds is 9. The van der Waals surface area contributed by atoms with E-state index in [-0.39, 0.29) is 5.69 Å². The van der Waals surface area contributed by atoms with E-state index in [1.807, 2.05) is 36.4 Å². The Balaban J connectivity index is 1.57. The summed E-state index contributed by atoms with van der Waals surface area (Å²) in [5.74, 6) is 3.95. The van der Waals surface area contributed by atoms with E-state index in [9.17, 15) is 4.79 Å². The maximum absolute atomic E-state index is 12.9. The van der Waals surface area contributed by atoms with Gasteiger partial charge in [0, 0.05) is 18.4 Å². The van der Waals surface area contributed by atoms with Gasteiger partial charge in [0.05, 0.1) is 13.1 Å². The molecule has 1 N–H and O–H groups in total. The molecule has 2 aromatic carbocycles. The summed E-state index contributed by atoms with van der Waals surface area (Å²) < 4.78 is 3.25. The van der Waals surface area contributed by atoms with Crippen LogP contribution in [-0.2, 0) is 19.5 Å². The van der Waals surface area contributed by atoms with Crippen LogP contribution in [0, 0.1) is 12.3 Å². The van der Waals surface area contributed by atoms with Crippen LogP contribution < -0.4 is 5.69 Å². The van der Waals surface area contributed by atoms with Gasteiger partial charge in [0.25, 0.3) is 0 Å². The van der Waals surface area contributed by atoms with Crippen molar-refractivity contribution in [2.24, 2.45) is 0 Å². The predicted octanol–water partition coefficient (Wildman–Crippen LogP) is 3.31. The van der Waals surface area contributed by atoms with Crippen LogP contribution in [-0.4, -0.2) is 35.0 Å². The van der Waals surface area contributed by atoms with Crippen molar-refractivity contribution in [3.05, 3.63) is 70.4 Å². The lowest BCUT2D eigenvalue weighted by molar-refractivity contribution is 0.591. The van der Waals surface area contributed by atoms with Crippen molar-refractivity contribution in [1.82, 2.24) is 35.0 Å². The van der Waals surface area contributed by atoms with Gasteiger partial charge in [-0.2, -0.15) is 10.3 Å². The number of aromatic amines is 1. The number of unbranched alkanes of at least 4 members (excludes halogenated alkanes) is 1. The standard InChI is InChI=1S/C24H25N7O/c1-3-5-10-22-27-31(15-6-4-2)24(32)30(22)17-18-11-13-19(14-12-18)20-8-7-9-21(16-20)23-25-28-29-26-23/h2,7-9,11-14,16H,3,5-6,10,15,17H2,1H3,(H,25,26,28,29). The number of nitrogens with one attached hydrogen (secondary N) is 1. The third-order valence-corrected chi connectivity index (χ3v) is 5.32. The van der Waals surface area contributed by atoms with Crippen molar-refractivity contribution >= 4 is 0 Å². The Hall–Kier alpha value is -3.99. The van der Waals surface area contributed by atoms with Gasteiger partial charge in [-0.15, -0.1) is 22.5 Å². The molecular weight excluding hydrogens is 402 g/mol. The zero-order valence-corrected chi connectivity index (χ0v) is 18.0. The molecule has 4 rings (SSSR count). The summed E-state index contributed by atoms with van der Waals surface area (Å²) in [7, 11) is 0. The highest BCUT2D eigenvalue weighted by Gasteiger charge is 2.13. The van der Waals surface area contributed by atoms with E-state index in [0.29, 0.717) is 25.3 Å². The highest BCUT2D eigenvalue weighted by atomic mass is 16.2. The molecule has 0 aliphatic carbocycles. The minimum Gasteiger partial charge on any atom is -0.274 e. The summed E-state index contributed by atoms with van der Waals surface area (Å²) in [4.78, 5) is 12.9. The Bertz CT molecular complexity index is 1260. The second kappa shape index (κ2) is 9.88. The Kier molecular flexibility index (Phi) is 6.56. The molecule has 0 saturated heterocycles. The molecule has 0 saturated carbocycles. The number of tetrazole rings is 1. The van der Waals surface area contributed by atoms with Crippen LogP contribution in [0.25, 0.3) is 22.5 Å². The van der Waals surface area contributed by atoms with E-state index in [2.05, 4.69) is 50.7 Å². The molecule has 0 unspecified atom stereocenters. The second-order valence-corrected chi connectivity index (χ2v) is 7.58. The van der Waals surface area contributed by atoms with Crippen LogP contribution in [0.1, 0.15) is 37.6 Å². The van der Waals surface area contributed by atoms with E-state index in [0.717, 1.165) is 47.3 Å². The van der Waals surface area contributed by atoms with E-state index in [1.54, 1.807) is 4.57 Å². The molecule has 2 aromatic heterocycles. The van der Waals surface area contributed by atoms with E-state index >= 15 is 0 Å². The molecular formula is C24H25N7O. The summed E-state index contributed by atoms with van der Waals surface area (Å²) in [6.45, 7) is 3.05. The van der Waals surface area contributed by atoms with Gasteiger partial charge in [0.15, 0.2) is 0 Å². The summed E-state index contributed by atoms with van der Waals surface area (Å²) >= 11 is 0. The lowest BCUT2D eigenvalue weighted by atomic mass is 10.0. The average Bonchev–Trinajstić information content (AvgIpc) is 3.46. The molecule has 0 atom stereocenters. The van der Waals surface area contributed by atoms with Gasteiger partial charge >= 0.3 is 5.69 Å². The maximum atomic E-state index is 12.9. The molecule has 0 amide bonds. The zero-order chi connectivity index (χ0) is 22.3. The van der Waals surface area contributed by atoms with Crippen molar-refractivity contribution < 1.29 is 0 Å². The number of hydrogen-bond acceptors (Lipinski definition) is 5. The summed E-state index contributed by atoms with van der Waals surface area (Å²) in [6, 6.07) is 16.2. The topological polar surface area (TPSA) is 94.3 Å². The van der Waals surface area contributed by atoms with Gasteiger partial charge in [0.2, 0.25) is 5.82 Å². The molecule has 8 nitrogen and oxygen atoms in total. The Morgan fingerprint density at radius 2 is 1.91 bits per heavy atom. The Morgan fingerprint density at radius 1 is 1.09 bits per heavy atom. The van der Waals surface area contributed by atoms with Gasteiger partial charge < -0.3 is 0 Å². The number of hydrogen-bond donors (Lipinski definition) is 1. The van der Waals surface area contributed by atoms with Crippen LogP contribution in [0.3, 0.4) is 0 Å². The summed E-state index contributed by atoms with van der Waals surface area (Å²) in [5.41, 5.74) is 3.96. The predicted molar refractivity (Wildman–Crippen MR) is 123 cm³/mol. The molecule has 0 spiro atoms. The largest absolute Gasteiger partial charge is 0.346 e. The fourth-order valence-corrected chi connectivity index (χ4v) is 3.59. The first-order valence-electron chi connectivity index (χ1n) is 10.7. The molecule has 4 aromatic rings. The Labute approximate surface area is 186 Å². The van der Waals surface area contributed by atoms with E-state index < -0.39 is 0 Å². The molecule has 0 bridgehead atoms. The second-order valence-electron chi connectivity index (χ2n) is 7.58. The molecule has 0 radical (unpaired) electrons. The van der Waals surface area contributed by atoms with Crippen molar-refractivity contribution in [3.8, 4) is 34.9 Å². The first-order chi connectivity index (χ1) is 15.7. The van der Waals surface area contributed by atoms with E-state index in [4.69, 9.17) is 6.42 Å². The van der Waals surface area contributed by atoms with Gasteiger partial charge in [-0.25, -0.2) is 9.48 Å². The quantitative estimate of drug-likeness (QED) is 0.414. The van der Waals surface area contributed by atoms with Crippen LogP contribution in [0.5, 0.6) is 0 Å². The highest BCUT2D eigenvalue weighted by Crippen LogP contribution is 2.24. The summed E-state index contributed by atoms with van der Waals surface area (Å²) in [6.07, 6.45) is 8.66. The molecule has 2 heterocycles. The zero-order valence-electron chi connectivity index (χ0n) is 18.0. The van der Waals surface area contributed by atoms with Gasteiger partial charge in [-0.05, 0) is 34.4 Å². The van der Waals surface area contributed by atoms with Crippen LogP contribution in [0.4, 0.5) is 0 Å². The lowest BCUT2D eigenvalue weighted by Crippen LogP contribution is -2.26. The molecule has 0 aliphatic heterocycles. The molecule has 0 aliphatic rings. The van der Waals surface area contributed by atoms with Gasteiger partial charge in [-0.1, -0.05) is 55.8 Å². The Morgan fingerprint density at radius 3 is 2.62 bits per heavy atom. The fourth-order valence-electron chi connectivity index (χ4n) is 3.59. The monoisotopic (exact) mass is 427 g/mol. The van der Waals surface area contributed by atoms with Gasteiger partial charge in [0.1, 0.15) is 5.82 Å². The number of aromatic nitrogens is 7. The van der Waals surface area contributed by atoms with Crippen molar-refractivity contribution in [3.63, 3.8) is 0 Å². The fraction of sp³-hybridized carbons (Fsp3) is 0.292. The maximum Gasteiger partial charge on any atom is 0.346 e. The molecule has 8 heteroatoms. The first-order valence-corrected chi connectivity index (χ1v) is 10.7. The minimum absolute atomic E-state index is 0.108. The minimum atomic E-state index is -0.108. The van der Waals surface area contributed by atoms with Crippen molar-refractivity contribution in [2.45, 2.75) is 45.7 Å². The van der Waals surface area contributed by atoms with Crippen LogP contribution in [0.15, 0.2) is 53.3 Å². The SMILES string of the molecule is C#CCCn1nc(CCCC)n(Cc2ccc(-c3cccc(-c4nn[nH]n4)c3)cc2)c1=O. The number of benzene rings is 2. The van der Waals surface area contributed by atoms with E-state index in [1.165, 1.54) is 4.68 Å². The van der Waals surface area contributed by atoms with Crippen molar-refractivity contribution in [2.75, 3.05) is 0 Å². The molecule has 162 valence electrons. The van der Waals surface area contributed by atoms with Gasteiger partial charge in [-0.3, -0.25) is 4.57 Å². The number of H-pyrrole nitrogens is 1. The molecule has 32 heavy (non-hydrogen) atoms. The number of terminal acetylenes is 1. The average molecular weight is 428 g/mol. The number of nitrogens with zero attached hydrogens (tertiary/aromatic N) is 6. The number of aryl methyl sites for hydroxylation is 2. The van der Waals surface area contributed by atoms with Crippen LogP contribution >= 0.6 is 0 Å².